The Hall–Kier alpha value is -3.02. The highest BCUT2D eigenvalue weighted by molar-refractivity contribution is 6.08. The highest BCUT2D eigenvalue weighted by atomic mass is 16.5. The van der Waals surface area contributed by atoms with Crippen molar-refractivity contribution in [1.82, 2.24) is 0 Å². The highest BCUT2D eigenvalue weighted by Gasteiger charge is 2.21. The van der Waals surface area contributed by atoms with Crippen molar-refractivity contribution in [2.24, 2.45) is 15.4 Å². The molecular formula is C18H17N3O3. The molecule has 6 heteroatoms. The van der Waals surface area contributed by atoms with E-state index < -0.39 is 5.97 Å². The lowest BCUT2D eigenvalue weighted by molar-refractivity contribution is -0.132. The fourth-order valence-electron chi connectivity index (χ4n) is 2.37. The monoisotopic (exact) mass is 323 g/mol. The van der Waals surface area contributed by atoms with E-state index >= 15 is 0 Å². The van der Waals surface area contributed by atoms with E-state index in [9.17, 15) is 4.79 Å². The minimum absolute atomic E-state index is 0.158. The van der Waals surface area contributed by atoms with Gasteiger partial charge in [-0.25, -0.2) is 4.79 Å². The van der Waals surface area contributed by atoms with Gasteiger partial charge in [0.25, 0.3) is 0 Å². The van der Waals surface area contributed by atoms with E-state index in [4.69, 9.17) is 9.84 Å². The summed E-state index contributed by atoms with van der Waals surface area (Å²) >= 11 is 0. The maximum atomic E-state index is 10.5. The molecule has 6 nitrogen and oxygen atoms in total. The molecule has 2 aliphatic heterocycles. The van der Waals surface area contributed by atoms with Gasteiger partial charge in [-0.15, -0.1) is 10.2 Å². The lowest BCUT2D eigenvalue weighted by Crippen LogP contribution is -2.27. The first kappa shape index (κ1) is 15.9. The van der Waals surface area contributed by atoms with Crippen molar-refractivity contribution in [2.75, 3.05) is 0 Å². The zero-order valence-corrected chi connectivity index (χ0v) is 13.4. The second kappa shape index (κ2) is 6.23. The normalized spacial score (nSPS) is 18.8. The molecule has 0 bridgehead atoms. The number of ether oxygens (including phenoxy) is 1. The number of carboxylic acid groups (broad SMARTS) is 1. The number of carbonyl (C=O) groups is 1. The average Bonchev–Trinajstić information content (AvgIpc) is 3.02. The minimum atomic E-state index is -0.917. The molecule has 0 aromatic heterocycles. The fraction of sp³-hybridized carbons (Fsp3) is 0.222. The molecule has 0 saturated carbocycles. The molecule has 0 fully saturated rings. The number of aliphatic carboxylic acids is 1. The molecule has 1 N–H and O–H groups in total. The van der Waals surface area contributed by atoms with Crippen LogP contribution in [0.3, 0.4) is 0 Å². The Kier molecular flexibility index (Phi) is 4.12. The predicted molar refractivity (Wildman–Crippen MR) is 90.9 cm³/mol. The number of para-hydroxylation sites is 1. The van der Waals surface area contributed by atoms with Crippen LogP contribution in [0, 0.1) is 0 Å². The first-order valence-corrected chi connectivity index (χ1v) is 7.54. The third kappa shape index (κ3) is 3.48. The molecule has 0 radical (unpaired) electrons. The van der Waals surface area contributed by atoms with E-state index in [-0.39, 0.29) is 5.60 Å². The molecule has 1 aromatic carbocycles. The van der Waals surface area contributed by atoms with Crippen molar-refractivity contribution in [3.8, 4) is 5.75 Å². The Labute approximate surface area is 139 Å². The highest BCUT2D eigenvalue weighted by Crippen LogP contribution is 2.29. The second-order valence-corrected chi connectivity index (χ2v) is 6.04. The standard InChI is InChI=1S/C11H12O.C7H5N3O2/c1-11(2)8-7-9-5-3-4-6-10(9)12-11;11-7(12)4-1-2-5-6(3-4)9-10-8-5/h3-8H,1-2H3;1-2H,3H2,(H,11,12). The lowest BCUT2D eigenvalue weighted by atomic mass is 10.0. The molecule has 4 rings (SSSR count). The third-order valence-corrected chi connectivity index (χ3v) is 3.64. The van der Waals surface area contributed by atoms with Crippen LogP contribution in [0.4, 0.5) is 0 Å². The Balaban J connectivity index is 0.000000141. The first-order valence-electron chi connectivity index (χ1n) is 7.54. The molecule has 24 heavy (non-hydrogen) atoms. The van der Waals surface area contributed by atoms with Gasteiger partial charge >= 0.3 is 5.97 Å². The van der Waals surface area contributed by atoms with Crippen LogP contribution in [0.5, 0.6) is 5.75 Å². The predicted octanol–water partition coefficient (Wildman–Crippen LogP) is 3.98. The zero-order chi connectivity index (χ0) is 17.2. The van der Waals surface area contributed by atoms with Gasteiger partial charge in [-0.2, -0.15) is 0 Å². The number of nitrogens with zero attached hydrogens (tertiary/aromatic N) is 3. The van der Waals surface area contributed by atoms with E-state index in [0.717, 1.165) is 11.3 Å². The van der Waals surface area contributed by atoms with Crippen LogP contribution >= 0.6 is 0 Å². The van der Waals surface area contributed by atoms with Crippen molar-refractivity contribution >= 4 is 17.8 Å². The Morgan fingerprint density at radius 1 is 1.25 bits per heavy atom. The number of allylic oxidation sites excluding steroid dienone is 3. The number of hydrogen-bond acceptors (Lipinski definition) is 5. The average molecular weight is 323 g/mol. The van der Waals surface area contributed by atoms with E-state index in [1.807, 2.05) is 18.2 Å². The van der Waals surface area contributed by atoms with Crippen LogP contribution in [-0.4, -0.2) is 22.4 Å². The summed E-state index contributed by atoms with van der Waals surface area (Å²) in [6, 6.07) is 8.07. The summed E-state index contributed by atoms with van der Waals surface area (Å²) in [6.07, 6.45) is 7.64. The number of rotatable bonds is 1. The summed E-state index contributed by atoms with van der Waals surface area (Å²) in [6.45, 7) is 4.11. The lowest BCUT2D eigenvalue weighted by Gasteiger charge is -2.27. The molecule has 1 aliphatic carbocycles. The maximum Gasteiger partial charge on any atom is 0.331 e. The van der Waals surface area contributed by atoms with Crippen LogP contribution in [0.1, 0.15) is 25.8 Å². The fourth-order valence-corrected chi connectivity index (χ4v) is 2.37. The smallest absolute Gasteiger partial charge is 0.331 e. The number of hydrogen-bond donors (Lipinski definition) is 1. The summed E-state index contributed by atoms with van der Waals surface area (Å²) < 4.78 is 5.73. The van der Waals surface area contributed by atoms with Gasteiger partial charge < -0.3 is 9.84 Å². The van der Waals surface area contributed by atoms with Gasteiger partial charge in [0.1, 0.15) is 17.0 Å². The van der Waals surface area contributed by atoms with Gasteiger partial charge in [-0.05, 0) is 43.4 Å². The summed E-state index contributed by atoms with van der Waals surface area (Å²) in [5, 5.41) is 19.5. The van der Waals surface area contributed by atoms with Crippen LogP contribution in [-0.2, 0) is 4.79 Å². The van der Waals surface area contributed by atoms with Gasteiger partial charge in [0.05, 0.1) is 5.71 Å². The summed E-state index contributed by atoms with van der Waals surface area (Å²) in [5.41, 5.74) is 2.63. The van der Waals surface area contributed by atoms with Gasteiger partial charge in [0, 0.05) is 17.6 Å². The Morgan fingerprint density at radius 2 is 2.04 bits per heavy atom. The molecule has 3 aliphatic rings. The van der Waals surface area contributed by atoms with E-state index in [1.54, 1.807) is 6.08 Å². The van der Waals surface area contributed by atoms with Crippen LogP contribution in [0.15, 0.2) is 69.2 Å². The SMILES string of the molecule is CC1(C)C=Cc2ccccc2O1.O=C(O)C1=CC=C2N=NN=C2C1. The molecule has 122 valence electrons. The van der Waals surface area contributed by atoms with Crippen LogP contribution in [0.2, 0.25) is 0 Å². The zero-order valence-electron chi connectivity index (χ0n) is 13.4. The van der Waals surface area contributed by atoms with Crippen molar-refractivity contribution < 1.29 is 14.6 Å². The number of fused-ring (bicyclic) bond motifs is 2. The van der Waals surface area contributed by atoms with Crippen LogP contribution in [0.25, 0.3) is 6.08 Å². The molecule has 0 unspecified atom stereocenters. The largest absolute Gasteiger partial charge is 0.483 e. The van der Waals surface area contributed by atoms with Gasteiger partial charge in [-0.3, -0.25) is 0 Å². The van der Waals surface area contributed by atoms with Gasteiger partial charge in [-0.1, -0.05) is 24.3 Å². The molecular weight excluding hydrogens is 306 g/mol. The molecule has 2 heterocycles. The molecule has 0 amide bonds. The topological polar surface area (TPSA) is 83.6 Å². The minimum Gasteiger partial charge on any atom is -0.483 e. The number of carboxylic acids is 1. The van der Waals surface area contributed by atoms with Crippen molar-refractivity contribution in [2.45, 2.75) is 25.9 Å². The molecule has 0 spiro atoms. The van der Waals surface area contributed by atoms with E-state index in [1.165, 1.54) is 6.08 Å². The second-order valence-electron chi connectivity index (χ2n) is 6.04. The first-order chi connectivity index (χ1) is 11.4. The van der Waals surface area contributed by atoms with E-state index in [2.05, 4.69) is 47.5 Å². The molecule has 1 aromatic rings. The van der Waals surface area contributed by atoms with Gasteiger partial charge in [0.2, 0.25) is 0 Å². The number of benzene rings is 1. The summed E-state index contributed by atoms with van der Waals surface area (Å²) in [4.78, 5) is 10.5. The quantitative estimate of drug-likeness (QED) is 0.848. The molecule has 0 saturated heterocycles. The third-order valence-electron chi connectivity index (χ3n) is 3.64. The van der Waals surface area contributed by atoms with Crippen molar-refractivity contribution in [3.05, 3.63) is 59.3 Å². The van der Waals surface area contributed by atoms with Crippen LogP contribution < -0.4 is 4.74 Å². The van der Waals surface area contributed by atoms with Gasteiger partial charge in [0.15, 0.2) is 0 Å². The van der Waals surface area contributed by atoms with Crippen molar-refractivity contribution in [3.63, 3.8) is 0 Å². The summed E-state index contributed by atoms with van der Waals surface area (Å²) in [5.74, 6) is 0.0601. The van der Waals surface area contributed by atoms with E-state index in [0.29, 0.717) is 23.4 Å². The Bertz CT molecular complexity index is 830. The van der Waals surface area contributed by atoms with Crippen molar-refractivity contribution in [1.29, 1.82) is 0 Å². The summed E-state index contributed by atoms with van der Waals surface area (Å²) in [7, 11) is 0. The maximum absolute atomic E-state index is 10.5. The Morgan fingerprint density at radius 3 is 2.83 bits per heavy atom. The molecule has 0 atom stereocenters.